The maximum atomic E-state index is 5.70. The molecule has 3 aromatic rings. The molecule has 2 aromatic carbocycles. The SMILES string of the molecule is CCOc1ccc(OCC)c(NCc2nc3ccccc3nc2C)c1. The fraction of sp³-hybridized carbons (Fsp3) is 0.300. The van der Waals surface area contributed by atoms with E-state index >= 15 is 0 Å². The van der Waals surface area contributed by atoms with Crippen molar-refractivity contribution in [1.82, 2.24) is 9.97 Å². The summed E-state index contributed by atoms with van der Waals surface area (Å²) in [6, 6.07) is 13.7. The topological polar surface area (TPSA) is 56.3 Å². The van der Waals surface area contributed by atoms with E-state index in [4.69, 9.17) is 14.5 Å². The molecule has 0 aliphatic rings. The minimum Gasteiger partial charge on any atom is -0.494 e. The molecule has 0 atom stereocenters. The molecule has 130 valence electrons. The highest BCUT2D eigenvalue weighted by Crippen LogP contribution is 2.30. The molecule has 0 saturated carbocycles. The van der Waals surface area contributed by atoms with Crippen molar-refractivity contribution in [3.8, 4) is 11.5 Å². The van der Waals surface area contributed by atoms with E-state index in [0.29, 0.717) is 19.8 Å². The minimum absolute atomic E-state index is 0.569. The third-order valence-electron chi connectivity index (χ3n) is 3.85. The molecule has 0 amide bonds. The lowest BCUT2D eigenvalue weighted by Crippen LogP contribution is -2.07. The zero-order chi connectivity index (χ0) is 17.6. The molecule has 0 radical (unpaired) electrons. The molecule has 0 spiro atoms. The average molecular weight is 337 g/mol. The van der Waals surface area contributed by atoms with Gasteiger partial charge in [0.15, 0.2) is 0 Å². The van der Waals surface area contributed by atoms with Gasteiger partial charge in [-0.2, -0.15) is 0 Å². The number of rotatable bonds is 7. The van der Waals surface area contributed by atoms with Gasteiger partial charge < -0.3 is 14.8 Å². The van der Waals surface area contributed by atoms with Crippen molar-refractivity contribution >= 4 is 16.7 Å². The molecule has 25 heavy (non-hydrogen) atoms. The number of hydrogen-bond acceptors (Lipinski definition) is 5. The summed E-state index contributed by atoms with van der Waals surface area (Å²) in [6.45, 7) is 7.73. The molecule has 5 nitrogen and oxygen atoms in total. The molecule has 0 fully saturated rings. The summed E-state index contributed by atoms with van der Waals surface area (Å²) in [7, 11) is 0. The van der Waals surface area contributed by atoms with Crippen LogP contribution in [0, 0.1) is 6.92 Å². The molecular formula is C20H23N3O2. The van der Waals surface area contributed by atoms with Crippen molar-refractivity contribution in [3.05, 3.63) is 53.9 Å². The second-order valence-electron chi connectivity index (χ2n) is 5.62. The maximum Gasteiger partial charge on any atom is 0.142 e. The number of para-hydroxylation sites is 2. The van der Waals surface area contributed by atoms with Gasteiger partial charge in [0.25, 0.3) is 0 Å². The Bertz CT molecular complexity index is 865. The monoisotopic (exact) mass is 337 g/mol. The van der Waals surface area contributed by atoms with Crippen molar-refractivity contribution < 1.29 is 9.47 Å². The predicted molar refractivity (Wildman–Crippen MR) is 100 cm³/mol. The molecule has 1 aromatic heterocycles. The first-order valence-electron chi connectivity index (χ1n) is 8.57. The summed E-state index contributed by atoms with van der Waals surface area (Å²) < 4.78 is 11.3. The Morgan fingerprint density at radius 2 is 1.64 bits per heavy atom. The van der Waals surface area contributed by atoms with Crippen molar-refractivity contribution in [1.29, 1.82) is 0 Å². The fourth-order valence-electron chi connectivity index (χ4n) is 2.66. The number of fused-ring (bicyclic) bond motifs is 1. The molecule has 0 aliphatic heterocycles. The van der Waals surface area contributed by atoms with E-state index in [1.165, 1.54) is 0 Å². The number of aryl methyl sites for hydroxylation is 1. The molecule has 0 bridgehead atoms. The summed E-state index contributed by atoms with van der Waals surface area (Å²) in [4.78, 5) is 9.36. The summed E-state index contributed by atoms with van der Waals surface area (Å²) >= 11 is 0. The lowest BCUT2D eigenvalue weighted by molar-refractivity contribution is 0.332. The van der Waals surface area contributed by atoms with Crippen molar-refractivity contribution in [3.63, 3.8) is 0 Å². The van der Waals surface area contributed by atoms with E-state index in [1.807, 2.05) is 63.2 Å². The predicted octanol–water partition coefficient (Wildman–Crippen LogP) is 4.35. The normalized spacial score (nSPS) is 10.7. The summed E-state index contributed by atoms with van der Waals surface area (Å²) in [5, 5.41) is 3.41. The molecule has 0 unspecified atom stereocenters. The van der Waals surface area contributed by atoms with Crippen LogP contribution in [-0.4, -0.2) is 23.2 Å². The number of nitrogens with one attached hydrogen (secondary N) is 1. The van der Waals surface area contributed by atoms with Gasteiger partial charge >= 0.3 is 0 Å². The average Bonchev–Trinajstić information content (AvgIpc) is 2.62. The van der Waals surface area contributed by atoms with Crippen molar-refractivity contribution in [2.24, 2.45) is 0 Å². The van der Waals surface area contributed by atoms with Crippen LogP contribution in [0.3, 0.4) is 0 Å². The summed E-state index contributed by atoms with van der Waals surface area (Å²) in [5.41, 5.74) is 4.55. The highest BCUT2D eigenvalue weighted by atomic mass is 16.5. The number of nitrogens with zero attached hydrogens (tertiary/aromatic N) is 2. The standard InChI is InChI=1S/C20H23N3O2/c1-4-24-15-10-11-20(25-5-2)18(12-15)21-13-19-14(3)22-16-8-6-7-9-17(16)23-19/h6-12,21H,4-5,13H2,1-3H3. The summed E-state index contributed by atoms with van der Waals surface area (Å²) in [6.07, 6.45) is 0. The smallest absolute Gasteiger partial charge is 0.142 e. The van der Waals surface area contributed by atoms with Gasteiger partial charge in [0.2, 0.25) is 0 Å². The van der Waals surface area contributed by atoms with E-state index in [-0.39, 0.29) is 0 Å². The molecular weight excluding hydrogens is 314 g/mol. The molecule has 5 heteroatoms. The Balaban J connectivity index is 1.85. The van der Waals surface area contributed by atoms with Crippen molar-refractivity contribution in [2.45, 2.75) is 27.3 Å². The van der Waals surface area contributed by atoms with Gasteiger partial charge in [-0.15, -0.1) is 0 Å². The first-order chi connectivity index (χ1) is 12.2. The first kappa shape index (κ1) is 17.0. The van der Waals surface area contributed by atoms with Crippen LogP contribution >= 0.6 is 0 Å². The third kappa shape index (κ3) is 3.99. The minimum atomic E-state index is 0.569. The molecule has 1 N–H and O–H groups in total. The van der Waals surface area contributed by atoms with E-state index < -0.39 is 0 Å². The van der Waals surface area contributed by atoms with Gasteiger partial charge in [-0.05, 0) is 45.0 Å². The molecule has 0 aliphatic carbocycles. The fourth-order valence-corrected chi connectivity index (χ4v) is 2.66. The lowest BCUT2D eigenvalue weighted by Gasteiger charge is -2.15. The van der Waals surface area contributed by atoms with Crippen LogP contribution in [0.4, 0.5) is 5.69 Å². The largest absolute Gasteiger partial charge is 0.494 e. The number of anilines is 1. The van der Waals surface area contributed by atoms with E-state index in [0.717, 1.165) is 39.6 Å². The second kappa shape index (κ2) is 7.83. The Morgan fingerprint density at radius 3 is 2.36 bits per heavy atom. The second-order valence-corrected chi connectivity index (χ2v) is 5.62. The zero-order valence-electron chi connectivity index (χ0n) is 14.9. The number of hydrogen-bond donors (Lipinski definition) is 1. The van der Waals surface area contributed by atoms with Crippen LogP contribution in [0.25, 0.3) is 11.0 Å². The number of benzene rings is 2. The number of aromatic nitrogens is 2. The molecule has 1 heterocycles. The Labute approximate surface area is 148 Å². The Hall–Kier alpha value is -2.82. The van der Waals surface area contributed by atoms with E-state index in [1.54, 1.807) is 0 Å². The molecule has 3 rings (SSSR count). The van der Waals surface area contributed by atoms with Crippen LogP contribution in [0.15, 0.2) is 42.5 Å². The quantitative estimate of drug-likeness (QED) is 0.695. The Morgan fingerprint density at radius 1 is 0.920 bits per heavy atom. The van der Waals surface area contributed by atoms with Crippen LogP contribution in [0.1, 0.15) is 25.2 Å². The van der Waals surface area contributed by atoms with Crippen molar-refractivity contribution in [2.75, 3.05) is 18.5 Å². The van der Waals surface area contributed by atoms with Gasteiger partial charge in [-0.1, -0.05) is 12.1 Å². The van der Waals surface area contributed by atoms with Gasteiger partial charge in [0.05, 0.1) is 47.9 Å². The van der Waals surface area contributed by atoms with E-state index in [9.17, 15) is 0 Å². The lowest BCUT2D eigenvalue weighted by atomic mass is 10.2. The van der Waals surface area contributed by atoms with Gasteiger partial charge in [0.1, 0.15) is 11.5 Å². The van der Waals surface area contributed by atoms with Gasteiger partial charge in [-0.25, -0.2) is 9.97 Å². The Kier molecular flexibility index (Phi) is 5.33. The first-order valence-corrected chi connectivity index (χ1v) is 8.57. The van der Waals surface area contributed by atoms with Crippen LogP contribution in [-0.2, 0) is 6.54 Å². The van der Waals surface area contributed by atoms with E-state index in [2.05, 4.69) is 10.3 Å². The van der Waals surface area contributed by atoms with Crippen LogP contribution < -0.4 is 14.8 Å². The van der Waals surface area contributed by atoms with Gasteiger partial charge in [0, 0.05) is 6.07 Å². The highest BCUT2D eigenvalue weighted by molar-refractivity contribution is 5.74. The van der Waals surface area contributed by atoms with Crippen LogP contribution in [0.2, 0.25) is 0 Å². The zero-order valence-corrected chi connectivity index (χ0v) is 14.9. The highest BCUT2D eigenvalue weighted by Gasteiger charge is 2.09. The summed E-state index contributed by atoms with van der Waals surface area (Å²) in [5.74, 6) is 1.62. The number of ether oxygens (including phenoxy) is 2. The molecule has 0 saturated heterocycles. The maximum absolute atomic E-state index is 5.70. The van der Waals surface area contributed by atoms with Gasteiger partial charge in [-0.3, -0.25) is 0 Å². The van der Waals surface area contributed by atoms with Crippen LogP contribution in [0.5, 0.6) is 11.5 Å². The third-order valence-corrected chi connectivity index (χ3v) is 3.85.